The van der Waals surface area contributed by atoms with Crippen LogP contribution in [0.25, 0.3) is 0 Å². The fourth-order valence-electron chi connectivity index (χ4n) is 4.49. The van der Waals surface area contributed by atoms with Gasteiger partial charge in [-0.2, -0.15) is 0 Å². The molecular formula is C19H29N. The highest BCUT2D eigenvalue weighted by atomic mass is 14.9. The summed E-state index contributed by atoms with van der Waals surface area (Å²) in [6, 6.07) is 11.1. The molecule has 3 rings (SSSR count). The van der Waals surface area contributed by atoms with Gasteiger partial charge in [-0.05, 0) is 61.6 Å². The van der Waals surface area contributed by atoms with E-state index in [0.717, 1.165) is 11.8 Å². The van der Waals surface area contributed by atoms with Crippen LogP contribution in [0.1, 0.15) is 51.0 Å². The first kappa shape index (κ1) is 14.1. The van der Waals surface area contributed by atoms with Crippen LogP contribution in [0.3, 0.4) is 0 Å². The fraction of sp³-hybridized carbons (Fsp3) is 0.684. The molecule has 0 bridgehead atoms. The Balaban J connectivity index is 1.76. The number of benzene rings is 1. The van der Waals surface area contributed by atoms with Gasteiger partial charge in [0.1, 0.15) is 0 Å². The van der Waals surface area contributed by atoms with Gasteiger partial charge >= 0.3 is 0 Å². The average molecular weight is 271 g/mol. The fourth-order valence-corrected chi connectivity index (χ4v) is 4.49. The van der Waals surface area contributed by atoms with Crippen molar-refractivity contribution < 1.29 is 0 Å². The van der Waals surface area contributed by atoms with Crippen molar-refractivity contribution in [1.29, 1.82) is 0 Å². The molecule has 1 saturated heterocycles. The minimum atomic E-state index is 0.631. The number of hydrogen-bond donors (Lipinski definition) is 1. The summed E-state index contributed by atoms with van der Waals surface area (Å²) in [4.78, 5) is 0. The van der Waals surface area contributed by atoms with Gasteiger partial charge in [0.25, 0.3) is 0 Å². The van der Waals surface area contributed by atoms with Gasteiger partial charge in [0.15, 0.2) is 0 Å². The standard InChI is InChI=1S/C19H29N/c1-16-6-5-10-19(11-9-16)12-13-20-15-18(19)14-17-7-3-2-4-8-17/h2-4,7-8,16,18,20H,5-6,9-15H2,1H3. The summed E-state index contributed by atoms with van der Waals surface area (Å²) >= 11 is 0. The second-order valence-corrected chi connectivity index (χ2v) is 7.24. The van der Waals surface area contributed by atoms with Crippen LogP contribution in [-0.2, 0) is 6.42 Å². The quantitative estimate of drug-likeness (QED) is 0.839. The molecule has 1 N–H and O–H groups in total. The molecule has 1 aliphatic heterocycles. The molecule has 0 radical (unpaired) electrons. The lowest BCUT2D eigenvalue weighted by Crippen LogP contribution is -2.46. The summed E-state index contributed by atoms with van der Waals surface area (Å²) in [6.07, 6.45) is 9.95. The predicted octanol–water partition coefficient (Wildman–Crippen LogP) is 4.43. The highest BCUT2D eigenvalue weighted by Crippen LogP contribution is 2.47. The maximum absolute atomic E-state index is 3.66. The lowest BCUT2D eigenvalue weighted by molar-refractivity contribution is 0.0850. The van der Waals surface area contributed by atoms with Gasteiger partial charge in [-0.15, -0.1) is 0 Å². The van der Waals surface area contributed by atoms with Crippen molar-refractivity contribution in [2.45, 2.75) is 51.9 Å². The Morgan fingerprint density at radius 3 is 2.80 bits per heavy atom. The molecule has 1 aromatic carbocycles. The molecule has 3 atom stereocenters. The summed E-state index contributed by atoms with van der Waals surface area (Å²) in [6.45, 7) is 4.91. The van der Waals surface area contributed by atoms with Crippen molar-refractivity contribution >= 4 is 0 Å². The monoisotopic (exact) mass is 271 g/mol. The van der Waals surface area contributed by atoms with Crippen molar-refractivity contribution in [1.82, 2.24) is 5.32 Å². The highest BCUT2D eigenvalue weighted by Gasteiger charge is 2.41. The molecular weight excluding hydrogens is 242 g/mol. The molecule has 1 saturated carbocycles. The van der Waals surface area contributed by atoms with Gasteiger partial charge in [-0.25, -0.2) is 0 Å². The predicted molar refractivity (Wildman–Crippen MR) is 85.8 cm³/mol. The molecule has 110 valence electrons. The van der Waals surface area contributed by atoms with Crippen LogP contribution in [0.4, 0.5) is 0 Å². The summed E-state index contributed by atoms with van der Waals surface area (Å²) in [5.41, 5.74) is 2.16. The molecule has 1 heterocycles. The minimum absolute atomic E-state index is 0.631. The van der Waals surface area contributed by atoms with Crippen molar-refractivity contribution in [3.8, 4) is 0 Å². The first-order chi connectivity index (χ1) is 9.78. The topological polar surface area (TPSA) is 12.0 Å². The second-order valence-electron chi connectivity index (χ2n) is 7.24. The largest absolute Gasteiger partial charge is 0.316 e. The van der Waals surface area contributed by atoms with Gasteiger partial charge in [0.05, 0.1) is 0 Å². The normalized spacial score (nSPS) is 34.9. The van der Waals surface area contributed by atoms with E-state index in [4.69, 9.17) is 0 Å². The van der Waals surface area contributed by atoms with Gasteiger partial charge < -0.3 is 5.32 Å². The minimum Gasteiger partial charge on any atom is -0.316 e. The van der Waals surface area contributed by atoms with Crippen LogP contribution in [0.5, 0.6) is 0 Å². The van der Waals surface area contributed by atoms with E-state index in [0.29, 0.717) is 5.41 Å². The molecule has 1 aliphatic carbocycles. The van der Waals surface area contributed by atoms with E-state index in [1.54, 1.807) is 0 Å². The summed E-state index contributed by atoms with van der Waals surface area (Å²) in [7, 11) is 0. The molecule has 1 heteroatoms. The number of hydrogen-bond acceptors (Lipinski definition) is 1. The zero-order chi connectivity index (χ0) is 13.8. The number of nitrogens with one attached hydrogen (secondary N) is 1. The molecule has 2 fully saturated rings. The average Bonchev–Trinajstić information content (AvgIpc) is 2.66. The van der Waals surface area contributed by atoms with Gasteiger partial charge in [0.2, 0.25) is 0 Å². The van der Waals surface area contributed by atoms with Crippen molar-refractivity contribution in [2.75, 3.05) is 13.1 Å². The zero-order valence-corrected chi connectivity index (χ0v) is 12.9. The molecule has 2 aliphatic rings. The Kier molecular flexibility index (Phi) is 4.45. The number of piperidine rings is 1. The van der Waals surface area contributed by atoms with Crippen LogP contribution >= 0.6 is 0 Å². The Morgan fingerprint density at radius 1 is 1.10 bits per heavy atom. The Morgan fingerprint density at radius 2 is 1.95 bits per heavy atom. The summed E-state index contributed by atoms with van der Waals surface area (Å²) in [5.74, 6) is 1.78. The van der Waals surface area contributed by atoms with Crippen molar-refractivity contribution in [3.05, 3.63) is 35.9 Å². The van der Waals surface area contributed by atoms with E-state index in [1.807, 2.05) is 0 Å². The van der Waals surface area contributed by atoms with E-state index in [2.05, 4.69) is 42.6 Å². The van der Waals surface area contributed by atoms with E-state index >= 15 is 0 Å². The summed E-state index contributed by atoms with van der Waals surface area (Å²) < 4.78 is 0. The molecule has 0 amide bonds. The van der Waals surface area contributed by atoms with Gasteiger partial charge in [-0.1, -0.05) is 56.5 Å². The van der Waals surface area contributed by atoms with E-state index in [9.17, 15) is 0 Å². The summed E-state index contributed by atoms with van der Waals surface area (Å²) in [5, 5.41) is 3.66. The zero-order valence-electron chi connectivity index (χ0n) is 12.9. The third kappa shape index (κ3) is 3.09. The van der Waals surface area contributed by atoms with Crippen LogP contribution < -0.4 is 5.32 Å². The SMILES string of the molecule is CC1CCCC2(CCNCC2Cc2ccccc2)CC1. The van der Waals surface area contributed by atoms with Crippen molar-refractivity contribution in [2.24, 2.45) is 17.3 Å². The van der Waals surface area contributed by atoms with Gasteiger partial charge in [0, 0.05) is 0 Å². The third-order valence-corrected chi connectivity index (χ3v) is 5.89. The second kappa shape index (κ2) is 6.30. The lowest BCUT2D eigenvalue weighted by Gasteiger charge is -2.45. The molecule has 1 aromatic rings. The maximum atomic E-state index is 3.66. The van der Waals surface area contributed by atoms with Crippen LogP contribution in [-0.4, -0.2) is 13.1 Å². The molecule has 3 unspecified atom stereocenters. The molecule has 20 heavy (non-hydrogen) atoms. The van der Waals surface area contributed by atoms with Gasteiger partial charge in [-0.3, -0.25) is 0 Å². The first-order valence-corrected chi connectivity index (χ1v) is 8.53. The number of rotatable bonds is 2. The van der Waals surface area contributed by atoms with Crippen LogP contribution in [0.15, 0.2) is 30.3 Å². The Labute approximate surface area is 124 Å². The Bertz CT molecular complexity index is 413. The molecule has 0 aromatic heterocycles. The smallest absolute Gasteiger partial charge is 0.00120 e. The molecule has 1 spiro atoms. The Hall–Kier alpha value is -0.820. The maximum Gasteiger partial charge on any atom is -0.00120 e. The van der Waals surface area contributed by atoms with E-state index in [1.165, 1.54) is 63.6 Å². The van der Waals surface area contributed by atoms with Crippen LogP contribution in [0.2, 0.25) is 0 Å². The van der Waals surface area contributed by atoms with Crippen LogP contribution in [0, 0.1) is 17.3 Å². The van der Waals surface area contributed by atoms with E-state index < -0.39 is 0 Å². The first-order valence-electron chi connectivity index (χ1n) is 8.53. The molecule has 1 nitrogen and oxygen atoms in total. The highest BCUT2D eigenvalue weighted by molar-refractivity contribution is 5.16. The third-order valence-electron chi connectivity index (χ3n) is 5.89. The van der Waals surface area contributed by atoms with Crippen molar-refractivity contribution in [3.63, 3.8) is 0 Å². The lowest BCUT2D eigenvalue weighted by atomic mass is 9.64. The van der Waals surface area contributed by atoms with E-state index in [-0.39, 0.29) is 0 Å².